The van der Waals surface area contributed by atoms with E-state index < -0.39 is 11.5 Å². The SMILES string of the molecule is CNC1(C(=O)O)CCCC(SCc2ccccc2Cl)C1. The molecule has 1 aliphatic rings. The molecule has 5 heteroatoms. The van der Waals surface area contributed by atoms with Crippen molar-refractivity contribution >= 4 is 29.3 Å². The molecule has 2 atom stereocenters. The van der Waals surface area contributed by atoms with Gasteiger partial charge in [0.2, 0.25) is 0 Å². The average molecular weight is 314 g/mol. The summed E-state index contributed by atoms with van der Waals surface area (Å²) in [5.74, 6) is 0.104. The Balaban J connectivity index is 1.97. The van der Waals surface area contributed by atoms with Crippen molar-refractivity contribution in [2.45, 2.75) is 42.2 Å². The maximum absolute atomic E-state index is 11.5. The van der Waals surface area contributed by atoms with E-state index in [4.69, 9.17) is 11.6 Å². The van der Waals surface area contributed by atoms with Crippen molar-refractivity contribution in [3.05, 3.63) is 34.9 Å². The van der Waals surface area contributed by atoms with Crippen molar-refractivity contribution in [3.63, 3.8) is 0 Å². The zero-order valence-electron chi connectivity index (χ0n) is 11.6. The summed E-state index contributed by atoms with van der Waals surface area (Å²) in [5.41, 5.74) is 0.367. The molecule has 1 aliphatic carbocycles. The van der Waals surface area contributed by atoms with Gasteiger partial charge in [0.15, 0.2) is 0 Å². The summed E-state index contributed by atoms with van der Waals surface area (Å²) in [6.07, 6.45) is 3.41. The minimum Gasteiger partial charge on any atom is -0.480 e. The van der Waals surface area contributed by atoms with Gasteiger partial charge in [-0.1, -0.05) is 29.8 Å². The molecule has 0 saturated heterocycles. The van der Waals surface area contributed by atoms with Gasteiger partial charge in [0.05, 0.1) is 0 Å². The molecule has 0 amide bonds. The smallest absolute Gasteiger partial charge is 0.323 e. The number of likely N-dealkylation sites (N-methyl/N-ethyl adjacent to an activating group) is 1. The fraction of sp³-hybridized carbons (Fsp3) is 0.533. The molecule has 0 aromatic heterocycles. The Hall–Kier alpha value is -0.710. The monoisotopic (exact) mass is 313 g/mol. The van der Waals surface area contributed by atoms with Crippen molar-refractivity contribution in [2.75, 3.05) is 7.05 Å². The topological polar surface area (TPSA) is 49.3 Å². The van der Waals surface area contributed by atoms with Gasteiger partial charge < -0.3 is 10.4 Å². The van der Waals surface area contributed by atoms with Crippen LogP contribution in [0.5, 0.6) is 0 Å². The highest BCUT2D eigenvalue weighted by Gasteiger charge is 2.41. The van der Waals surface area contributed by atoms with Gasteiger partial charge in [-0.25, -0.2) is 0 Å². The number of rotatable bonds is 5. The molecule has 0 spiro atoms. The number of thioether (sulfide) groups is 1. The predicted octanol–water partition coefficient (Wildman–Crippen LogP) is 3.56. The van der Waals surface area contributed by atoms with Crippen LogP contribution < -0.4 is 5.32 Å². The molecule has 0 heterocycles. The normalized spacial score (nSPS) is 26.4. The lowest BCUT2D eigenvalue weighted by Gasteiger charge is -2.37. The predicted molar refractivity (Wildman–Crippen MR) is 84.4 cm³/mol. The minimum atomic E-state index is -0.754. The summed E-state index contributed by atoms with van der Waals surface area (Å²) in [7, 11) is 1.75. The van der Waals surface area contributed by atoms with E-state index in [2.05, 4.69) is 5.32 Å². The molecule has 2 unspecified atom stereocenters. The summed E-state index contributed by atoms with van der Waals surface area (Å²) in [6.45, 7) is 0. The van der Waals surface area contributed by atoms with Crippen molar-refractivity contribution < 1.29 is 9.90 Å². The van der Waals surface area contributed by atoms with Gasteiger partial charge in [-0.2, -0.15) is 11.8 Å². The summed E-state index contributed by atoms with van der Waals surface area (Å²) >= 11 is 7.97. The molecule has 1 saturated carbocycles. The minimum absolute atomic E-state index is 0.364. The van der Waals surface area contributed by atoms with Crippen LogP contribution in [0.3, 0.4) is 0 Å². The van der Waals surface area contributed by atoms with Crippen molar-refractivity contribution in [1.82, 2.24) is 5.32 Å². The molecule has 1 aromatic rings. The maximum Gasteiger partial charge on any atom is 0.323 e. The van der Waals surface area contributed by atoms with E-state index in [9.17, 15) is 9.90 Å². The van der Waals surface area contributed by atoms with Gasteiger partial charge in [0, 0.05) is 16.0 Å². The van der Waals surface area contributed by atoms with Crippen LogP contribution in [0.25, 0.3) is 0 Å². The van der Waals surface area contributed by atoms with Crippen molar-refractivity contribution in [2.24, 2.45) is 0 Å². The van der Waals surface area contributed by atoms with E-state index >= 15 is 0 Å². The van der Waals surface area contributed by atoms with Crippen LogP contribution >= 0.6 is 23.4 Å². The molecular weight excluding hydrogens is 294 g/mol. The third kappa shape index (κ3) is 3.48. The Morgan fingerprint density at radius 1 is 1.55 bits per heavy atom. The fourth-order valence-corrected chi connectivity index (χ4v) is 4.40. The number of nitrogens with one attached hydrogen (secondary N) is 1. The Morgan fingerprint density at radius 2 is 2.30 bits per heavy atom. The van der Waals surface area contributed by atoms with Gasteiger partial charge in [-0.3, -0.25) is 4.79 Å². The van der Waals surface area contributed by atoms with E-state index in [1.165, 1.54) is 0 Å². The molecule has 2 N–H and O–H groups in total. The number of halogens is 1. The first-order valence-corrected chi connectivity index (χ1v) is 8.27. The lowest BCUT2D eigenvalue weighted by atomic mass is 9.81. The molecule has 0 aliphatic heterocycles. The molecule has 20 heavy (non-hydrogen) atoms. The van der Waals surface area contributed by atoms with Crippen LogP contribution in [0.15, 0.2) is 24.3 Å². The van der Waals surface area contributed by atoms with E-state index in [0.717, 1.165) is 29.2 Å². The molecule has 0 bridgehead atoms. The Morgan fingerprint density at radius 3 is 2.95 bits per heavy atom. The third-order valence-corrected chi connectivity index (χ3v) is 5.75. The van der Waals surface area contributed by atoms with Crippen LogP contribution in [0.4, 0.5) is 0 Å². The van der Waals surface area contributed by atoms with Gasteiger partial charge in [0.1, 0.15) is 5.54 Å². The van der Waals surface area contributed by atoms with Gasteiger partial charge in [-0.05, 0) is 44.4 Å². The number of carboxylic acid groups (broad SMARTS) is 1. The Kier molecular flexibility index (Phi) is 5.35. The standard InChI is InChI=1S/C15H20ClNO2S/c1-17-15(14(18)19)8-4-6-12(9-15)20-10-11-5-2-3-7-13(11)16/h2-3,5,7,12,17H,4,6,8-10H2,1H3,(H,18,19). The highest BCUT2D eigenvalue weighted by molar-refractivity contribution is 7.99. The van der Waals surface area contributed by atoms with Gasteiger partial charge in [0.25, 0.3) is 0 Å². The molecule has 3 nitrogen and oxygen atoms in total. The first-order chi connectivity index (χ1) is 9.57. The molecule has 0 radical (unpaired) electrons. The van der Waals surface area contributed by atoms with E-state index in [-0.39, 0.29) is 0 Å². The van der Waals surface area contributed by atoms with Crippen LogP contribution in [-0.2, 0) is 10.5 Å². The van der Waals surface area contributed by atoms with Crippen molar-refractivity contribution in [1.29, 1.82) is 0 Å². The fourth-order valence-electron chi connectivity index (χ4n) is 2.72. The number of hydrogen-bond donors (Lipinski definition) is 2. The highest BCUT2D eigenvalue weighted by atomic mass is 35.5. The second-order valence-corrected chi connectivity index (χ2v) is 6.95. The number of carboxylic acids is 1. The second-order valence-electron chi connectivity index (χ2n) is 5.26. The zero-order valence-corrected chi connectivity index (χ0v) is 13.1. The second kappa shape index (κ2) is 6.83. The summed E-state index contributed by atoms with van der Waals surface area (Å²) in [4.78, 5) is 11.5. The molecular formula is C15H20ClNO2S. The molecule has 2 rings (SSSR count). The zero-order chi connectivity index (χ0) is 14.6. The van der Waals surface area contributed by atoms with Crippen LogP contribution in [-0.4, -0.2) is 28.9 Å². The van der Waals surface area contributed by atoms with E-state index in [1.54, 1.807) is 7.05 Å². The maximum atomic E-state index is 11.5. The van der Waals surface area contributed by atoms with Gasteiger partial charge in [-0.15, -0.1) is 0 Å². The lowest BCUT2D eigenvalue weighted by molar-refractivity contribution is -0.146. The largest absolute Gasteiger partial charge is 0.480 e. The van der Waals surface area contributed by atoms with Crippen LogP contribution in [0.1, 0.15) is 31.2 Å². The van der Waals surface area contributed by atoms with E-state index in [1.807, 2.05) is 36.0 Å². The Bertz CT molecular complexity index is 483. The highest BCUT2D eigenvalue weighted by Crippen LogP contribution is 2.37. The van der Waals surface area contributed by atoms with Crippen LogP contribution in [0.2, 0.25) is 5.02 Å². The number of aliphatic carboxylic acids is 1. The summed E-state index contributed by atoms with van der Waals surface area (Å²) in [6, 6.07) is 7.83. The summed E-state index contributed by atoms with van der Waals surface area (Å²) in [5, 5.41) is 13.6. The van der Waals surface area contributed by atoms with Crippen LogP contribution in [0, 0.1) is 0 Å². The quantitative estimate of drug-likeness (QED) is 0.872. The van der Waals surface area contributed by atoms with Gasteiger partial charge >= 0.3 is 5.97 Å². The first-order valence-electron chi connectivity index (χ1n) is 6.85. The summed E-state index contributed by atoms with van der Waals surface area (Å²) < 4.78 is 0. The molecule has 1 fully saturated rings. The Labute approximate surface area is 129 Å². The number of benzene rings is 1. The van der Waals surface area contributed by atoms with E-state index in [0.29, 0.717) is 18.1 Å². The molecule has 1 aromatic carbocycles. The lowest BCUT2D eigenvalue weighted by Crippen LogP contribution is -2.53. The molecule has 110 valence electrons. The number of carbonyl (C=O) groups is 1. The average Bonchev–Trinajstić information content (AvgIpc) is 2.46. The number of hydrogen-bond acceptors (Lipinski definition) is 3. The first kappa shape index (κ1) is 15.7. The third-order valence-electron chi connectivity index (χ3n) is 4.03. The van der Waals surface area contributed by atoms with Crippen molar-refractivity contribution in [3.8, 4) is 0 Å².